The standard InChI is InChI=1S/C17H28N2/c1-5-16(18)17(15-9-7-6-8-12(15)2)19(4)13(3)14-10-11-14/h6-9,13-14,16-17H,5,10-11,18H2,1-4H3. The molecule has 3 atom stereocenters. The topological polar surface area (TPSA) is 29.3 Å². The van der Waals surface area contributed by atoms with E-state index in [-0.39, 0.29) is 6.04 Å². The van der Waals surface area contributed by atoms with Gasteiger partial charge in [0.25, 0.3) is 0 Å². The van der Waals surface area contributed by atoms with Crippen molar-refractivity contribution < 1.29 is 0 Å². The van der Waals surface area contributed by atoms with Gasteiger partial charge in [-0.25, -0.2) is 0 Å². The average Bonchev–Trinajstić information content (AvgIpc) is 3.24. The third kappa shape index (κ3) is 3.18. The van der Waals surface area contributed by atoms with Crippen molar-refractivity contribution in [3.05, 3.63) is 35.4 Å². The number of hydrogen-bond acceptors (Lipinski definition) is 2. The molecule has 0 spiro atoms. The van der Waals surface area contributed by atoms with Crippen LogP contribution in [0.5, 0.6) is 0 Å². The number of hydrogen-bond donors (Lipinski definition) is 1. The molecule has 2 rings (SSSR count). The van der Waals surface area contributed by atoms with Crippen molar-refractivity contribution in [3.63, 3.8) is 0 Å². The van der Waals surface area contributed by atoms with Crippen LogP contribution in [0.2, 0.25) is 0 Å². The fourth-order valence-corrected chi connectivity index (χ4v) is 3.06. The van der Waals surface area contributed by atoms with Gasteiger partial charge in [0.1, 0.15) is 0 Å². The average molecular weight is 260 g/mol. The van der Waals surface area contributed by atoms with Gasteiger partial charge in [-0.3, -0.25) is 4.90 Å². The van der Waals surface area contributed by atoms with Crippen LogP contribution in [0.15, 0.2) is 24.3 Å². The second kappa shape index (κ2) is 6.06. The van der Waals surface area contributed by atoms with E-state index in [0.717, 1.165) is 12.3 Å². The van der Waals surface area contributed by atoms with Gasteiger partial charge >= 0.3 is 0 Å². The van der Waals surface area contributed by atoms with Crippen LogP contribution in [0.3, 0.4) is 0 Å². The van der Waals surface area contributed by atoms with Crippen molar-refractivity contribution in [2.75, 3.05) is 7.05 Å². The van der Waals surface area contributed by atoms with Gasteiger partial charge in [-0.1, -0.05) is 31.2 Å². The Hall–Kier alpha value is -0.860. The van der Waals surface area contributed by atoms with E-state index in [0.29, 0.717) is 12.1 Å². The highest BCUT2D eigenvalue weighted by Gasteiger charge is 2.35. The second-order valence-electron chi connectivity index (χ2n) is 6.12. The van der Waals surface area contributed by atoms with E-state index in [4.69, 9.17) is 5.73 Å². The molecule has 2 heteroatoms. The van der Waals surface area contributed by atoms with E-state index < -0.39 is 0 Å². The van der Waals surface area contributed by atoms with Gasteiger partial charge in [-0.05, 0) is 57.2 Å². The minimum Gasteiger partial charge on any atom is -0.326 e. The quantitative estimate of drug-likeness (QED) is 0.848. The van der Waals surface area contributed by atoms with E-state index in [1.54, 1.807) is 0 Å². The molecule has 0 aromatic heterocycles. The van der Waals surface area contributed by atoms with Gasteiger partial charge < -0.3 is 5.73 Å². The molecule has 1 aliphatic rings. The van der Waals surface area contributed by atoms with Crippen molar-refractivity contribution in [2.45, 2.75) is 58.2 Å². The first-order chi connectivity index (χ1) is 9.06. The Balaban J connectivity index is 2.27. The molecule has 0 saturated heterocycles. The molecular formula is C17H28N2. The second-order valence-corrected chi connectivity index (χ2v) is 6.12. The lowest BCUT2D eigenvalue weighted by Gasteiger charge is -2.38. The van der Waals surface area contributed by atoms with Crippen molar-refractivity contribution in [2.24, 2.45) is 11.7 Å². The zero-order valence-electron chi connectivity index (χ0n) is 12.8. The highest BCUT2D eigenvalue weighted by Crippen LogP contribution is 2.38. The summed E-state index contributed by atoms with van der Waals surface area (Å²) in [5, 5.41) is 0. The Morgan fingerprint density at radius 1 is 1.32 bits per heavy atom. The minimum absolute atomic E-state index is 0.201. The molecule has 1 aromatic carbocycles. The number of benzene rings is 1. The van der Waals surface area contributed by atoms with E-state index in [1.165, 1.54) is 24.0 Å². The maximum atomic E-state index is 6.44. The molecule has 0 amide bonds. The Kier molecular flexibility index (Phi) is 4.64. The van der Waals surface area contributed by atoms with Crippen LogP contribution in [0.1, 0.15) is 50.3 Å². The van der Waals surface area contributed by atoms with Crippen LogP contribution in [-0.4, -0.2) is 24.0 Å². The first kappa shape index (κ1) is 14.5. The Bertz CT molecular complexity index is 411. The molecule has 0 heterocycles. The smallest absolute Gasteiger partial charge is 0.0501 e. The van der Waals surface area contributed by atoms with Crippen LogP contribution >= 0.6 is 0 Å². The van der Waals surface area contributed by atoms with Crippen molar-refractivity contribution in [1.82, 2.24) is 4.90 Å². The van der Waals surface area contributed by atoms with Crippen molar-refractivity contribution in [3.8, 4) is 0 Å². The summed E-state index contributed by atoms with van der Waals surface area (Å²) in [6.07, 6.45) is 3.78. The maximum absolute atomic E-state index is 6.44. The van der Waals surface area contributed by atoms with Crippen LogP contribution in [0.4, 0.5) is 0 Å². The van der Waals surface area contributed by atoms with E-state index in [1.807, 2.05) is 0 Å². The predicted octanol–water partition coefficient (Wildman–Crippen LogP) is 3.50. The first-order valence-electron chi connectivity index (χ1n) is 7.59. The van der Waals surface area contributed by atoms with Crippen LogP contribution < -0.4 is 5.73 Å². The lowest BCUT2D eigenvalue weighted by Crippen LogP contribution is -2.44. The molecule has 3 unspecified atom stereocenters. The zero-order chi connectivity index (χ0) is 14.0. The van der Waals surface area contributed by atoms with Crippen LogP contribution in [-0.2, 0) is 0 Å². The molecule has 106 valence electrons. The number of aryl methyl sites for hydroxylation is 1. The summed E-state index contributed by atoms with van der Waals surface area (Å²) in [7, 11) is 2.25. The largest absolute Gasteiger partial charge is 0.326 e. The van der Waals surface area contributed by atoms with Crippen LogP contribution in [0, 0.1) is 12.8 Å². The number of likely N-dealkylation sites (N-methyl/N-ethyl adjacent to an activating group) is 1. The number of rotatable bonds is 6. The van der Waals surface area contributed by atoms with E-state index in [9.17, 15) is 0 Å². The molecule has 0 radical (unpaired) electrons. The first-order valence-corrected chi connectivity index (χ1v) is 7.59. The number of nitrogens with zero attached hydrogens (tertiary/aromatic N) is 1. The molecule has 1 fully saturated rings. The SMILES string of the molecule is CCC(N)C(c1ccccc1C)N(C)C(C)C1CC1. The summed E-state index contributed by atoms with van der Waals surface area (Å²) in [6, 6.07) is 9.84. The maximum Gasteiger partial charge on any atom is 0.0501 e. The molecule has 2 N–H and O–H groups in total. The predicted molar refractivity (Wildman–Crippen MR) is 82.1 cm³/mol. The van der Waals surface area contributed by atoms with Gasteiger partial charge in [-0.15, -0.1) is 0 Å². The normalized spacial score (nSPS) is 20.3. The lowest BCUT2D eigenvalue weighted by atomic mass is 9.92. The molecule has 2 nitrogen and oxygen atoms in total. The molecule has 0 bridgehead atoms. The Morgan fingerprint density at radius 3 is 2.47 bits per heavy atom. The van der Waals surface area contributed by atoms with Crippen molar-refractivity contribution >= 4 is 0 Å². The highest BCUT2D eigenvalue weighted by atomic mass is 15.2. The Morgan fingerprint density at radius 2 is 1.95 bits per heavy atom. The fraction of sp³-hybridized carbons (Fsp3) is 0.647. The zero-order valence-corrected chi connectivity index (χ0v) is 12.8. The molecule has 0 aliphatic heterocycles. The molecule has 1 saturated carbocycles. The summed E-state index contributed by atoms with van der Waals surface area (Å²) in [5.74, 6) is 0.876. The van der Waals surface area contributed by atoms with E-state index in [2.05, 4.69) is 57.0 Å². The third-order valence-corrected chi connectivity index (χ3v) is 4.77. The lowest BCUT2D eigenvalue weighted by molar-refractivity contribution is 0.143. The van der Waals surface area contributed by atoms with Gasteiger partial charge in [0.2, 0.25) is 0 Å². The Labute approximate surface area is 118 Å². The molecular weight excluding hydrogens is 232 g/mol. The highest BCUT2D eigenvalue weighted by molar-refractivity contribution is 5.30. The van der Waals surface area contributed by atoms with Gasteiger partial charge in [0.15, 0.2) is 0 Å². The summed E-state index contributed by atoms with van der Waals surface area (Å²) in [6.45, 7) is 6.73. The van der Waals surface area contributed by atoms with Gasteiger partial charge in [0, 0.05) is 12.1 Å². The summed E-state index contributed by atoms with van der Waals surface area (Å²) in [5.41, 5.74) is 9.18. The molecule has 1 aromatic rings. The molecule has 1 aliphatic carbocycles. The van der Waals surface area contributed by atoms with Crippen molar-refractivity contribution in [1.29, 1.82) is 0 Å². The summed E-state index contributed by atoms with van der Waals surface area (Å²) in [4.78, 5) is 2.51. The number of nitrogens with two attached hydrogens (primary N) is 1. The van der Waals surface area contributed by atoms with E-state index >= 15 is 0 Å². The minimum atomic E-state index is 0.201. The van der Waals surface area contributed by atoms with Gasteiger partial charge in [0.05, 0.1) is 6.04 Å². The molecule has 19 heavy (non-hydrogen) atoms. The van der Waals surface area contributed by atoms with Crippen LogP contribution in [0.25, 0.3) is 0 Å². The monoisotopic (exact) mass is 260 g/mol. The third-order valence-electron chi connectivity index (χ3n) is 4.77. The summed E-state index contributed by atoms with van der Waals surface area (Å²) >= 11 is 0. The fourth-order valence-electron chi connectivity index (χ4n) is 3.06. The summed E-state index contributed by atoms with van der Waals surface area (Å²) < 4.78 is 0. The van der Waals surface area contributed by atoms with Gasteiger partial charge in [-0.2, -0.15) is 0 Å².